The highest BCUT2D eigenvalue weighted by atomic mass is 16.5. The van der Waals surface area contributed by atoms with E-state index in [0.717, 1.165) is 11.1 Å². The molecule has 0 spiro atoms. The molecule has 0 amide bonds. The third kappa shape index (κ3) is 3.19. The van der Waals surface area contributed by atoms with Gasteiger partial charge >= 0.3 is 0 Å². The molecule has 2 rings (SSSR count). The number of likely N-dealkylation sites (N-methyl/N-ethyl adjacent to an activating group) is 1. The highest BCUT2D eigenvalue weighted by Gasteiger charge is 2.03. The Kier molecular flexibility index (Phi) is 3.96. The Bertz CT molecular complexity index is 484. The number of rotatable bonds is 5. The fourth-order valence-electron chi connectivity index (χ4n) is 1.74. The van der Waals surface area contributed by atoms with E-state index >= 15 is 0 Å². The summed E-state index contributed by atoms with van der Waals surface area (Å²) < 4.78 is 5.54. The van der Waals surface area contributed by atoms with Gasteiger partial charge in [0.2, 0.25) is 0 Å². The van der Waals surface area contributed by atoms with Crippen molar-refractivity contribution in [2.24, 2.45) is 0 Å². The van der Waals surface area contributed by atoms with E-state index in [1.54, 1.807) is 7.05 Å². The zero-order chi connectivity index (χ0) is 12.1. The molecule has 3 nitrogen and oxygen atoms in total. The van der Waals surface area contributed by atoms with Crippen LogP contribution in [0.1, 0.15) is 0 Å². The smallest absolute Gasteiger partial charge is 0.120 e. The van der Waals surface area contributed by atoms with Gasteiger partial charge in [-0.25, -0.2) is 0 Å². The van der Waals surface area contributed by atoms with E-state index in [-0.39, 0.29) is 0 Å². The lowest BCUT2D eigenvalue weighted by atomic mass is 10.1. The van der Waals surface area contributed by atoms with Crippen molar-refractivity contribution in [2.45, 2.75) is 6.10 Å². The van der Waals surface area contributed by atoms with Crippen molar-refractivity contribution < 1.29 is 9.84 Å². The van der Waals surface area contributed by atoms with Crippen molar-refractivity contribution in [1.29, 1.82) is 0 Å². The van der Waals surface area contributed by atoms with Crippen molar-refractivity contribution in [3.8, 4) is 5.75 Å². The van der Waals surface area contributed by atoms with Gasteiger partial charge in [0, 0.05) is 6.54 Å². The summed E-state index contributed by atoms with van der Waals surface area (Å²) in [5.41, 5.74) is 0. The van der Waals surface area contributed by atoms with Crippen LogP contribution in [0.3, 0.4) is 0 Å². The summed E-state index contributed by atoms with van der Waals surface area (Å²) >= 11 is 0. The molecule has 0 aliphatic carbocycles. The van der Waals surface area contributed by atoms with Gasteiger partial charge in [0.15, 0.2) is 0 Å². The summed E-state index contributed by atoms with van der Waals surface area (Å²) in [4.78, 5) is 0. The van der Waals surface area contributed by atoms with Gasteiger partial charge in [0.1, 0.15) is 18.5 Å². The van der Waals surface area contributed by atoms with Gasteiger partial charge in [-0.15, -0.1) is 0 Å². The van der Waals surface area contributed by atoms with Crippen molar-refractivity contribution in [3.05, 3.63) is 42.5 Å². The first-order chi connectivity index (χ1) is 8.29. The molecule has 0 aliphatic heterocycles. The Morgan fingerprint density at radius 3 is 2.71 bits per heavy atom. The number of nitrogens with one attached hydrogen (secondary N) is 1. The predicted molar refractivity (Wildman–Crippen MR) is 69.4 cm³/mol. The second-order valence-corrected chi connectivity index (χ2v) is 4.03. The van der Waals surface area contributed by atoms with E-state index in [0.29, 0.717) is 13.2 Å². The van der Waals surface area contributed by atoms with Crippen LogP contribution < -0.4 is 10.1 Å². The topological polar surface area (TPSA) is 41.5 Å². The maximum Gasteiger partial charge on any atom is 0.120 e. The van der Waals surface area contributed by atoms with E-state index in [9.17, 15) is 5.11 Å². The molecular weight excluding hydrogens is 214 g/mol. The number of benzene rings is 2. The van der Waals surface area contributed by atoms with Gasteiger partial charge in [-0.1, -0.05) is 30.3 Å². The summed E-state index contributed by atoms with van der Waals surface area (Å²) in [5.74, 6) is 0.791. The van der Waals surface area contributed by atoms with Crippen LogP contribution in [0, 0.1) is 0 Å². The van der Waals surface area contributed by atoms with Crippen molar-refractivity contribution >= 4 is 10.8 Å². The Hall–Kier alpha value is -1.58. The third-order valence-electron chi connectivity index (χ3n) is 2.60. The van der Waals surface area contributed by atoms with Crippen molar-refractivity contribution in [1.82, 2.24) is 5.32 Å². The number of ether oxygens (including phenoxy) is 1. The van der Waals surface area contributed by atoms with Crippen LogP contribution in [0.5, 0.6) is 5.75 Å². The van der Waals surface area contributed by atoms with Gasteiger partial charge in [0.05, 0.1) is 0 Å². The lowest BCUT2D eigenvalue weighted by Crippen LogP contribution is -2.29. The molecule has 90 valence electrons. The van der Waals surface area contributed by atoms with Gasteiger partial charge in [0.25, 0.3) is 0 Å². The van der Waals surface area contributed by atoms with Crippen LogP contribution in [0.25, 0.3) is 10.8 Å². The third-order valence-corrected chi connectivity index (χ3v) is 2.60. The average Bonchev–Trinajstić information content (AvgIpc) is 2.36. The first kappa shape index (κ1) is 11.9. The molecule has 0 saturated carbocycles. The molecule has 2 aromatic carbocycles. The minimum atomic E-state index is -0.480. The summed E-state index contributed by atoms with van der Waals surface area (Å²) in [7, 11) is 1.80. The molecule has 3 heteroatoms. The van der Waals surface area contributed by atoms with E-state index in [2.05, 4.69) is 11.4 Å². The molecule has 0 heterocycles. The van der Waals surface area contributed by atoms with Crippen molar-refractivity contribution in [3.63, 3.8) is 0 Å². The highest BCUT2D eigenvalue weighted by Crippen LogP contribution is 2.20. The fraction of sp³-hybridized carbons (Fsp3) is 0.286. The molecule has 0 fully saturated rings. The van der Waals surface area contributed by atoms with Gasteiger partial charge in [-0.2, -0.15) is 0 Å². The standard InChI is InChI=1S/C14H17NO2/c1-15-9-13(16)10-17-14-7-6-11-4-2-3-5-12(11)8-14/h2-8,13,15-16H,9-10H2,1H3. The van der Waals surface area contributed by atoms with Crippen LogP contribution in [-0.2, 0) is 0 Å². The van der Waals surface area contributed by atoms with Gasteiger partial charge in [-0.3, -0.25) is 0 Å². The Balaban J connectivity index is 2.04. The highest BCUT2D eigenvalue weighted by molar-refractivity contribution is 5.83. The molecule has 0 bridgehead atoms. The molecule has 0 aromatic heterocycles. The molecule has 0 radical (unpaired) electrons. The van der Waals surface area contributed by atoms with Crippen LogP contribution in [-0.4, -0.2) is 31.4 Å². The van der Waals surface area contributed by atoms with Crippen LogP contribution in [0.2, 0.25) is 0 Å². The van der Waals surface area contributed by atoms with Crippen LogP contribution >= 0.6 is 0 Å². The molecule has 0 saturated heterocycles. The van der Waals surface area contributed by atoms with Crippen LogP contribution in [0.4, 0.5) is 0 Å². The second-order valence-electron chi connectivity index (χ2n) is 4.03. The number of hydrogen-bond acceptors (Lipinski definition) is 3. The number of hydrogen-bond donors (Lipinski definition) is 2. The SMILES string of the molecule is CNCC(O)COc1ccc2ccccc2c1. The molecule has 1 unspecified atom stereocenters. The number of aliphatic hydroxyl groups is 1. The minimum Gasteiger partial charge on any atom is -0.491 e. The van der Waals surface area contributed by atoms with E-state index in [1.165, 1.54) is 5.39 Å². The Labute approximate surface area is 101 Å². The normalized spacial score (nSPS) is 12.6. The maximum absolute atomic E-state index is 9.54. The van der Waals surface area contributed by atoms with Gasteiger partial charge in [-0.05, 0) is 30.0 Å². The Morgan fingerprint density at radius 2 is 1.94 bits per heavy atom. The summed E-state index contributed by atoms with van der Waals surface area (Å²) in [6.07, 6.45) is -0.480. The maximum atomic E-state index is 9.54. The van der Waals surface area contributed by atoms with Crippen molar-refractivity contribution in [2.75, 3.05) is 20.2 Å². The number of fused-ring (bicyclic) bond motifs is 1. The average molecular weight is 231 g/mol. The van der Waals surface area contributed by atoms with E-state index in [4.69, 9.17) is 4.74 Å². The first-order valence-corrected chi connectivity index (χ1v) is 5.74. The van der Waals surface area contributed by atoms with Crippen LogP contribution in [0.15, 0.2) is 42.5 Å². The molecular formula is C14H17NO2. The largest absolute Gasteiger partial charge is 0.491 e. The zero-order valence-electron chi connectivity index (χ0n) is 9.89. The fourth-order valence-corrected chi connectivity index (χ4v) is 1.74. The molecule has 2 N–H and O–H groups in total. The Morgan fingerprint density at radius 1 is 1.18 bits per heavy atom. The monoisotopic (exact) mass is 231 g/mol. The molecule has 2 aromatic rings. The molecule has 1 atom stereocenters. The van der Waals surface area contributed by atoms with E-state index < -0.39 is 6.10 Å². The number of aliphatic hydroxyl groups excluding tert-OH is 1. The summed E-state index contributed by atoms with van der Waals surface area (Å²) in [5, 5.41) is 14.8. The lowest BCUT2D eigenvalue weighted by molar-refractivity contribution is 0.108. The van der Waals surface area contributed by atoms with Gasteiger partial charge < -0.3 is 15.2 Å². The zero-order valence-corrected chi connectivity index (χ0v) is 9.89. The minimum absolute atomic E-state index is 0.305. The second kappa shape index (κ2) is 5.66. The summed E-state index contributed by atoms with van der Waals surface area (Å²) in [6.45, 7) is 0.840. The first-order valence-electron chi connectivity index (χ1n) is 5.74. The summed E-state index contributed by atoms with van der Waals surface area (Å²) in [6, 6.07) is 14.1. The quantitative estimate of drug-likeness (QED) is 0.824. The predicted octanol–water partition coefficient (Wildman–Crippen LogP) is 1.80. The molecule has 17 heavy (non-hydrogen) atoms. The lowest BCUT2D eigenvalue weighted by Gasteiger charge is -2.12. The molecule has 0 aliphatic rings. The van der Waals surface area contributed by atoms with E-state index in [1.807, 2.05) is 36.4 Å².